The van der Waals surface area contributed by atoms with Gasteiger partial charge in [-0.25, -0.2) is 0 Å². The summed E-state index contributed by atoms with van der Waals surface area (Å²) in [5.41, 5.74) is -0.284. The third-order valence-electron chi connectivity index (χ3n) is 2.77. The number of carbonyl (C=O) groups excluding carboxylic acids is 3. The van der Waals surface area contributed by atoms with Gasteiger partial charge in [0.1, 0.15) is 5.75 Å². The molecule has 0 unspecified atom stereocenters. The molecule has 0 heterocycles. The van der Waals surface area contributed by atoms with Gasteiger partial charge in [-0.15, -0.1) is 0 Å². The summed E-state index contributed by atoms with van der Waals surface area (Å²) in [4.78, 5) is 45.0. The minimum absolute atomic E-state index is 0.0315. The van der Waals surface area contributed by atoms with Gasteiger partial charge in [0, 0.05) is 26.2 Å². The van der Waals surface area contributed by atoms with E-state index in [0.29, 0.717) is 6.29 Å². The van der Waals surface area contributed by atoms with E-state index in [0.717, 1.165) is 11.0 Å². The van der Waals surface area contributed by atoms with Gasteiger partial charge in [-0.1, -0.05) is 0 Å². The Kier molecular flexibility index (Phi) is 5.99. The van der Waals surface area contributed by atoms with Crippen molar-refractivity contribution in [1.29, 1.82) is 0 Å². The molecule has 1 N–H and O–H groups in total. The van der Waals surface area contributed by atoms with E-state index in [4.69, 9.17) is 4.74 Å². The lowest BCUT2D eigenvalue weighted by molar-refractivity contribution is -0.384. The van der Waals surface area contributed by atoms with E-state index in [1.54, 1.807) is 0 Å². The summed E-state index contributed by atoms with van der Waals surface area (Å²) in [7, 11) is 2.88. The molecule has 1 aromatic rings. The van der Waals surface area contributed by atoms with E-state index in [-0.39, 0.29) is 29.5 Å². The Morgan fingerprint density at radius 2 is 2.14 bits per heavy atom. The summed E-state index contributed by atoms with van der Waals surface area (Å²) < 4.78 is 5.18. The van der Waals surface area contributed by atoms with E-state index in [1.165, 1.54) is 26.2 Å². The minimum Gasteiger partial charge on any atom is -0.483 e. The van der Waals surface area contributed by atoms with Crippen molar-refractivity contribution >= 4 is 23.8 Å². The standard InChI is InChI=1S/C13H15N3O6/c1-14-12(18)6-15(2)13(19)8-22-11-4-3-10(16(20)21)5-9(11)7-17/h3-5,7H,6,8H2,1-2H3,(H,14,18). The fourth-order valence-corrected chi connectivity index (χ4v) is 1.51. The lowest BCUT2D eigenvalue weighted by Crippen LogP contribution is -2.39. The lowest BCUT2D eigenvalue weighted by Gasteiger charge is -2.16. The molecular formula is C13H15N3O6. The number of amides is 2. The smallest absolute Gasteiger partial charge is 0.270 e. The molecule has 2 amide bonds. The van der Waals surface area contributed by atoms with Crippen LogP contribution in [0.25, 0.3) is 0 Å². The van der Waals surface area contributed by atoms with E-state index in [1.807, 2.05) is 0 Å². The predicted molar refractivity (Wildman–Crippen MR) is 75.7 cm³/mol. The third kappa shape index (κ3) is 4.54. The second kappa shape index (κ2) is 7.72. The van der Waals surface area contributed by atoms with E-state index in [2.05, 4.69) is 5.32 Å². The molecule has 0 bridgehead atoms. The highest BCUT2D eigenvalue weighted by Gasteiger charge is 2.15. The van der Waals surface area contributed by atoms with Gasteiger partial charge in [-0.2, -0.15) is 0 Å². The number of likely N-dealkylation sites (N-methyl/N-ethyl adjacent to an activating group) is 2. The number of nitro benzene ring substituents is 1. The first-order valence-corrected chi connectivity index (χ1v) is 6.20. The third-order valence-corrected chi connectivity index (χ3v) is 2.77. The summed E-state index contributed by atoms with van der Waals surface area (Å²) in [6.07, 6.45) is 0.404. The van der Waals surface area contributed by atoms with Crippen molar-refractivity contribution in [3.63, 3.8) is 0 Å². The Bertz CT molecular complexity index is 601. The molecule has 22 heavy (non-hydrogen) atoms. The number of benzene rings is 1. The zero-order valence-electron chi connectivity index (χ0n) is 12.1. The van der Waals surface area contributed by atoms with Crippen molar-refractivity contribution < 1.29 is 24.0 Å². The minimum atomic E-state index is -0.640. The second-order valence-corrected chi connectivity index (χ2v) is 4.31. The average molecular weight is 309 g/mol. The molecule has 118 valence electrons. The van der Waals surface area contributed by atoms with Crippen LogP contribution in [0.1, 0.15) is 10.4 Å². The molecule has 1 rings (SSSR count). The molecule has 0 aliphatic heterocycles. The fourth-order valence-electron chi connectivity index (χ4n) is 1.51. The maximum absolute atomic E-state index is 11.8. The number of nitro groups is 1. The molecule has 0 aliphatic carbocycles. The fraction of sp³-hybridized carbons (Fsp3) is 0.308. The topological polar surface area (TPSA) is 119 Å². The van der Waals surface area contributed by atoms with Gasteiger partial charge >= 0.3 is 0 Å². The quantitative estimate of drug-likeness (QED) is 0.430. The molecule has 0 saturated heterocycles. The number of nitrogens with one attached hydrogen (secondary N) is 1. The Balaban J connectivity index is 2.71. The molecule has 1 aromatic carbocycles. The molecule has 9 nitrogen and oxygen atoms in total. The molecule has 0 radical (unpaired) electrons. The van der Waals surface area contributed by atoms with Crippen LogP contribution in [0.2, 0.25) is 0 Å². The van der Waals surface area contributed by atoms with Crippen LogP contribution in [0.3, 0.4) is 0 Å². The molecule has 0 spiro atoms. The SMILES string of the molecule is CNC(=O)CN(C)C(=O)COc1ccc([N+](=O)[O-])cc1C=O. The highest BCUT2D eigenvalue weighted by atomic mass is 16.6. The van der Waals surface area contributed by atoms with E-state index < -0.39 is 17.4 Å². The van der Waals surface area contributed by atoms with Crippen molar-refractivity contribution in [2.45, 2.75) is 0 Å². The van der Waals surface area contributed by atoms with Crippen LogP contribution in [-0.2, 0) is 9.59 Å². The van der Waals surface area contributed by atoms with Crippen molar-refractivity contribution in [1.82, 2.24) is 10.2 Å². The Morgan fingerprint density at radius 1 is 1.45 bits per heavy atom. The largest absolute Gasteiger partial charge is 0.483 e. The predicted octanol–water partition coefficient (Wildman–Crippen LogP) is -0.00950. The zero-order valence-corrected chi connectivity index (χ0v) is 12.1. The van der Waals surface area contributed by atoms with Gasteiger partial charge < -0.3 is 15.0 Å². The van der Waals surface area contributed by atoms with Crippen LogP contribution in [0.15, 0.2) is 18.2 Å². The first-order valence-electron chi connectivity index (χ1n) is 6.20. The molecule has 0 aromatic heterocycles. The first kappa shape index (κ1) is 17.1. The summed E-state index contributed by atoms with van der Waals surface area (Å²) in [5.74, 6) is -0.749. The maximum Gasteiger partial charge on any atom is 0.270 e. The van der Waals surface area contributed by atoms with Gasteiger partial charge in [-0.05, 0) is 6.07 Å². The number of hydrogen-bond donors (Lipinski definition) is 1. The van der Waals surface area contributed by atoms with Crippen LogP contribution < -0.4 is 10.1 Å². The van der Waals surface area contributed by atoms with Crippen LogP contribution >= 0.6 is 0 Å². The molecule has 0 aliphatic rings. The van der Waals surface area contributed by atoms with Crippen LogP contribution in [0.5, 0.6) is 5.75 Å². The van der Waals surface area contributed by atoms with Crippen LogP contribution in [0, 0.1) is 10.1 Å². The Morgan fingerprint density at radius 3 is 2.68 bits per heavy atom. The summed E-state index contributed by atoms with van der Waals surface area (Å²) in [6, 6.07) is 3.47. The normalized spacial score (nSPS) is 9.73. The highest BCUT2D eigenvalue weighted by Crippen LogP contribution is 2.22. The number of rotatable bonds is 7. The van der Waals surface area contributed by atoms with Gasteiger partial charge in [0.25, 0.3) is 11.6 Å². The number of nitrogens with zero attached hydrogens (tertiary/aromatic N) is 2. The molecule has 9 heteroatoms. The monoisotopic (exact) mass is 309 g/mol. The van der Waals surface area contributed by atoms with Gasteiger partial charge in [-0.3, -0.25) is 24.5 Å². The number of aldehydes is 1. The first-order chi connectivity index (χ1) is 10.4. The molecule has 0 fully saturated rings. The van der Waals surface area contributed by atoms with Crippen molar-refractivity contribution in [3.8, 4) is 5.75 Å². The number of carbonyl (C=O) groups is 3. The van der Waals surface area contributed by atoms with Gasteiger partial charge in [0.15, 0.2) is 12.9 Å². The van der Waals surface area contributed by atoms with Crippen molar-refractivity contribution in [2.75, 3.05) is 27.2 Å². The summed E-state index contributed by atoms with van der Waals surface area (Å²) in [5, 5.41) is 13.0. The molecular weight excluding hydrogens is 294 g/mol. The Labute approximate surface area is 126 Å². The Hall–Kier alpha value is -2.97. The lowest BCUT2D eigenvalue weighted by atomic mass is 10.2. The molecule has 0 atom stereocenters. The van der Waals surface area contributed by atoms with Crippen LogP contribution in [0.4, 0.5) is 5.69 Å². The number of hydrogen-bond acceptors (Lipinski definition) is 6. The second-order valence-electron chi connectivity index (χ2n) is 4.31. The maximum atomic E-state index is 11.8. The molecule has 0 saturated carbocycles. The number of ether oxygens (including phenoxy) is 1. The number of non-ortho nitro benzene ring substituents is 1. The summed E-state index contributed by atoms with van der Waals surface area (Å²) >= 11 is 0. The van der Waals surface area contributed by atoms with Gasteiger partial charge in [0.2, 0.25) is 5.91 Å². The van der Waals surface area contributed by atoms with Crippen molar-refractivity contribution in [2.24, 2.45) is 0 Å². The van der Waals surface area contributed by atoms with Crippen LogP contribution in [-0.4, -0.2) is 55.2 Å². The van der Waals surface area contributed by atoms with Gasteiger partial charge in [0.05, 0.1) is 17.0 Å². The van der Waals surface area contributed by atoms with E-state index in [9.17, 15) is 24.5 Å². The highest BCUT2D eigenvalue weighted by molar-refractivity contribution is 5.85. The van der Waals surface area contributed by atoms with E-state index >= 15 is 0 Å². The summed E-state index contributed by atoms with van der Waals surface area (Å²) in [6.45, 7) is -0.522. The zero-order chi connectivity index (χ0) is 16.7. The average Bonchev–Trinajstić information content (AvgIpc) is 2.51. The van der Waals surface area contributed by atoms with Crippen molar-refractivity contribution in [3.05, 3.63) is 33.9 Å².